The molecule has 49 heavy (non-hydrogen) atoms. The standard InChI is InChI=1S/C42H40ClNO5/c1-28(48-41(2,3)4)38(44-40(46)47-27-35-33-23-13-11-21-31(33)32-22-12-14-24-34(32)35)39(45)49-42(29-17-7-5-8-18-29,30-19-9-6-10-20-30)36-25-15-16-26-37(36)43/h5-26,28,35,38H,27H2,1-4H3,(H,44,46)/t28-,38-/m1/s1. The van der Waals surface area contributed by atoms with Crippen molar-refractivity contribution in [1.29, 1.82) is 0 Å². The molecule has 0 saturated carbocycles. The Labute approximate surface area is 293 Å². The molecule has 1 aliphatic rings. The number of alkyl carbamates (subject to hydrolysis) is 1. The van der Waals surface area contributed by atoms with Gasteiger partial charge in [0, 0.05) is 27.6 Å². The lowest BCUT2D eigenvalue weighted by atomic mass is 9.80. The maximum atomic E-state index is 14.6. The third kappa shape index (κ3) is 7.12. The molecule has 6 rings (SSSR count). The van der Waals surface area contributed by atoms with Gasteiger partial charge in [-0.1, -0.05) is 139 Å². The summed E-state index contributed by atoms with van der Waals surface area (Å²) in [5, 5.41) is 3.23. The smallest absolute Gasteiger partial charge is 0.407 e. The first kappa shape index (κ1) is 34.0. The average molecular weight is 674 g/mol. The quantitative estimate of drug-likeness (QED) is 0.118. The van der Waals surface area contributed by atoms with Gasteiger partial charge in [0.2, 0.25) is 0 Å². The molecule has 2 atom stereocenters. The van der Waals surface area contributed by atoms with Gasteiger partial charge in [0.1, 0.15) is 6.61 Å². The molecular formula is C42H40ClNO5. The molecule has 0 bridgehead atoms. The van der Waals surface area contributed by atoms with E-state index in [4.69, 9.17) is 25.8 Å². The molecular weight excluding hydrogens is 634 g/mol. The number of carbonyl (C=O) groups excluding carboxylic acids is 2. The van der Waals surface area contributed by atoms with Crippen molar-refractivity contribution in [3.63, 3.8) is 0 Å². The Bertz CT molecular complexity index is 1840. The van der Waals surface area contributed by atoms with Crippen LogP contribution >= 0.6 is 11.6 Å². The van der Waals surface area contributed by atoms with E-state index in [1.807, 2.05) is 124 Å². The van der Waals surface area contributed by atoms with Crippen molar-refractivity contribution < 1.29 is 23.8 Å². The fourth-order valence-electron chi connectivity index (χ4n) is 6.72. The maximum absolute atomic E-state index is 14.6. The molecule has 5 aromatic rings. The summed E-state index contributed by atoms with van der Waals surface area (Å²) in [5.41, 5.74) is 4.29. The van der Waals surface area contributed by atoms with Gasteiger partial charge in [-0.2, -0.15) is 0 Å². The highest BCUT2D eigenvalue weighted by Crippen LogP contribution is 2.45. The van der Waals surface area contributed by atoms with Gasteiger partial charge in [-0.15, -0.1) is 0 Å². The van der Waals surface area contributed by atoms with Crippen molar-refractivity contribution in [1.82, 2.24) is 5.32 Å². The fraction of sp³-hybridized carbons (Fsp3) is 0.238. The number of fused-ring (bicyclic) bond motifs is 3. The minimum atomic E-state index is -1.46. The van der Waals surface area contributed by atoms with Crippen LogP contribution < -0.4 is 5.32 Å². The number of esters is 1. The van der Waals surface area contributed by atoms with E-state index in [1.165, 1.54) is 0 Å². The van der Waals surface area contributed by atoms with Crippen molar-refractivity contribution in [3.8, 4) is 11.1 Å². The molecule has 1 amide bonds. The molecule has 0 aliphatic heterocycles. The zero-order chi connectivity index (χ0) is 34.6. The summed E-state index contributed by atoms with van der Waals surface area (Å²) < 4.78 is 18.8. The number of ether oxygens (including phenoxy) is 3. The Kier molecular flexibility index (Phi) is 9.91. The van der Waals surface area contributed by atoms with Crippen molar-refractivity contribution in [2.75, 3.05) is 6.61 Å². The minimum absolute atomic E-state index is 0.0910. The predicted octanol–water partition coefficient (Wildman–Crippen LogP) is 9.29. The van der Waals surface area contributed by atoms with Crippen molar-refractivity contribution in [2.45, 2.75) is 57.0 Å². The van der Waals surface area contributed by atoms with Gasteiger partial charge in [-0.3, -0.25) is 0 Å². The Balaban J connectivity index is 1.33. The number of halogens is 1. The lowest BCUT2D eigenvalue weighted by Gasteiger charge is -2.38. The molecule has 0 spiro atoms. The van der Waals surface area contributed by atoms with E-state index in [-0.39, 0.29) is 12.5 Å². The summed E-state index contributed by atoms with van der Waals surface area (Å²) in [6, 6.07) is 41.2. The first-order valence-electron chi connectivity index (χ1n) is 16.5. The maximum Gasteiger partial charge on any atom is 0.407 e. The van der Waals surface area contributed by atoms with Gasteiger partial charge in [-0.05, 0) is 56.0 Å². The Hall–Kier alpha value is -4.91. The Morgan fingerprint density at radius 2 is 1.20 bits per heavy atom. The molecule has 7 heteroatoms. The predicted molar refractivity (Wildman–Crippen MR) is 193 cm³/mol. The third-order valence-corrected chi connectivity index (χ3v) is 9.08. The minimum Gasteiger partial charge on any atom is -0.449 e. The summed E-state index contributed by atoms with van der Waals surface area (Å²) >= 11 is 6.87. The van der Waals surface area contributed by atoms with Crippen LogP contribution in [0.1, 0.15) is 61.4 Å². The monoisotopic (exact) mass is 673 g/mol. The van der Waals surface area contributed by atoms with Crippen LogP contribution in [-0.2, 0) is 24.6 Å². The molecule has 5 aromatic carbocycles. The van der Waals surface area contributed by atoms with E-state index in [2.05, 4.69) is 29.6 Å². The van der Waals surface area contributed by atoms with Crippen molar-refractivity contribution >= 4 is 23.7 Å². The lowest BCUT2D eigenvalue weighted by molar-refractivity contribution is -0.163. The average Bonchev–Trinajstić information content (AvgIpc) is 3.42. The Morgan fingerprint density at radius 1 is 0.714 bits per heavy atom. The molecule has 6 nitrogen and oxygen atoms in total. The molecule has 0 heterocycles. The number of carbonyl (C=O) groups is 2. The second-order valence-corrected chi connectivity index (χ2v) is 13.6. The SMILES string of the molecule is C[C@@H](OC(C)(C)C)[C@@H](NC(=O)OCC1c2ccccc2-c2ccccc21)C(=O)OC(c1ccccc1)(c1ccccc1)c1ccccc1Cl. The third-order valence-electron chi connectivity index (χ3n) is 8.75. The van der Waals surface area contributed by atoms with Crippen LogP contribution in [0.25, 0.3) is 11.1 Å². The molecule has 1 N–H and O–H groups in total. The highest BCUT2D eigenvalue weighted by molar-refractivity contribution is 6.31. The van der Waals surface area contributed by atoms with Crippen LogP contribution in [0.15, 0.2) is 133 Å². The second kappa shape index (κ2) is 14.3. The number of nitrogens with one attached hydrogen (secondary N) is 1. The summed E-state index contributed by atoms with van der Waals surface area (Å²) in [7, 11) is 0. The van der Waals surface area contributed by atoms with E-state index in [9.17, 15) is 9.59 Å². The van der Waals surface area contributed by atoms with Crippen LogP contribution in [0.5, 0.6) is 0 Å². The molecule has 250 valence electrons. The van der Waals surface area contributed by atoms with Crippen LogP contribution in [0.2, 0.25) is 5.02 Å². The molecule has 0 saturated heterocycles. The fourth-order valence-corrected chi connectivity index (χ4v) is 6.99. The van der Waals surface area contributed by atoms with Crippen molar-refractivity contribution in [3.05, 3.63) is 166 Å². The topological polar surface area (TPSA) is 73.9 Å². The van der Waals surface area contributed by atoms with Gasteiger partial charge in [0.25, 0.3) is 0 Å². The van der Waals surface area contributed by atoms with E-state index < -0.39 is 35.4 Å². The lowest BCUT2D eigenvalue weighted by Crippen LogP contribution is -2.53. The van der Waals surface area contributed by atoms with E-state index in [0.717, 1.165) is 22.3 Å². The first-order chi connectivity index (χ1) is 23.6. The van der Waals surface area contributed by atoms with E-state index >= 15 is 0 Å². The largest absolute Gasteiger partial charge is 0.449 e. The molecule has 0 unspecified atom stereocenters. The number of benzene rings is 5. The van der Waals surface area contributed by atoms with Gasteiger partial charge in [-0.25, -0.2) is 9.59 Å². The van der Waals surface area contributed by atoms with Crippen LogP contribution in [0.4, 0.5) is 4.79 Å². The van der Waals surface area contributed by atoms with Gasteiger partial charge < -0.3 is 19.5 Å². The van der Waals surface area contributed by atoms with E-state index in [1.54, 1.807) is 13.0 Å². The summed E-state index contributed by atoms with van der Waals surface area (Å²) in [4.78, 5) is 28.2. The number of hydrogen-bond donors (Lipinski definition) is 1. The second-order valence-electron chi connectivity index (χ2n) is 13.2. The first-order valence-corrected chi connectivity index (χ1v) is 16.8. The van der Waals surface area contributed by atoms with E-state index in [0.29, 0.717) is 21.7 Å². The molecule has 0 fully saturated rings. The number of hydrogen-bond acceptors (Lipinski definition) is 5. The zero-order valence-electron chi connectivity index (χ0n) is 28.1. The normalized spacial score (nSPS) is 13.9. The summed E-state index contributed by atoms with van der Waals surface area (Å²) in [6.45, 7) is 7.50. The van der Waals surface area contributed by atoms with Crippen LogP contribution in [-0.4, -0.2) is 36.4 Å². The molecule has 1 aliphatic carbocycles. The highest BCUT2D eigenvalue weighted by atomic mass is 35.5. The van der Waals surface area contributed by atoms with Crippen LogP contribution in [0.3, 0.4) is 0 Å². The summed E-state index contributed by atoms with van der Waals surface area (Å²) in [6.07, 6.45) is -1.54. The Morgan fingerprint density at radius 3 is 1.73 bits per heavy atom. The van der Waals surface area contributed by atoms with Gasteiger partial charge in [0.15, 0.2) is 11.6 Å². The molecule has 0 aromatic heterocycles. The van der Waals surface area contributed by atoms with Crippen molar-refractivity contribution in [2.24, 2.45) is 0 Å². The highest BCUT2D eigenvalue weighted by Gasteiger charge is 2.45. The number of amides is 1. The van der Waals surface area contributed by atoms with Gasteiger partial charge >= 0.3 is 12.1 Å². The summed E-state index contributed by atoms with van der Waals surface area (Å²) in [5.74, 6) is -0.853. The van der Waals surface area contributed by atoms with Crippen LogP contribution in [0, 0.1) is 0 Å². The zero-order valence-corrected chi connectivity index (χ0v) is 28.8. The van der Waals surface area contributed by atoms with Gasteiger partial charge in [0.05, 0.1) is 11.7 Å². The molecule has 0 radical (unpaired) electrons. The number of rotatable bonds is 10.